The molecule has 0 aliphatic rings. The summed E-state index contributed by atoms with van der Waals surface area (Å²) >= 11 is 8.79. The van der Waals surface area contributed by atoms with Gasteiger partial charge in [-0.05, 0) is 66.9 Å². The first kappa shape index (κ1) is 32.3. The van der Waals surface area contributed by atoms with Crippen LogP contribution in [-0.4, -0.2) is 52.8 Å². The van der Waals surface area contributed by atoms with E-state index in [1.807, 2.05) is 42.9 Å². The van der Waals surface area contributed by atoms with Crippen LogP contribution in [0.15, 0.2) is 78.0 Å². The summed E-state index contributed by atoms with van der Waals surface area (Å²) < 4.78 is 0.709. The number of aliphatic carboxylic acids is 1. The van der Waals surface area contributed by atoms with Gasteiger partial charge in [0, 0.05) is 23.0 Å². The molecule has 6 nitrogen and oxygen atoms in total. The van der Waals surface area contributed by atoms with Crippen LogP contribution in [0.4, 0.5) is 5.69 Å². The first-order chi connectivity index (χ1) is 16.9. The average molecular weight is 532 g/mol. The molecule has 3 rings (SSSR count). The van der Waals surface area contributed by atoms with Gasteiger partial charge in [0.1, 0.15) is 11.1 Å². The molecule has 0 saturated heterocycles. The molecule has 1 aromatic heterocycles. The Bertz CT molecular complexity index is 989. The largest absolute Gasteiger partial charge is 0.480 e. The predicted molar refractivity (Wildman–Crippen MR) is 156 cm³/mol. The number of carbonyl (C=O) groups is 2. The number of aryl methyl sites for hydroxylation is 1. The number of rotatable bonds is 6. The zero-order valence-electron chi connectivity index (χ0n) is 20.5. The summed E-state index contributed by atoms with van der Waals surface area (Å²) in [6.45, 7) is 6.31. The summed E-state index contributed by atoms with van der Waals surface area (Å²) in [5.41, 5.74) is 4.66. The maximum atomic E-state index is 9.54. The Balaban J connectivity index is 0.000000810. The van der Waals surface area contributed by atoms with Crippen molar-refractivity contribution in [3.8, 4) is 11.1 Å². The number of anilines is 1. The summed E-state index contributed by atoms with van der Waals surface area (Å²) in [4.78, 5) is 22.7. The molecule has 3 N–H and O–H groups in total. The lowest BCUT2D eigenvalue weighted by atomic mass is 10.00. The van der Waals surface area contributed by atoms with Crippen molar-refractivity contribution in [3.63, 3.8) is 0 Å². The van der Waals surface area contributed by atoms with Gasteiger partial charge in [-0.3, -0.25) is 9.78 Å². The second-order valence-electron chi connectivity index (χ2n) is 6.60. The average Bonchev–Trinajstić information content (AvgIpc) is 2.88. The minimum atomic E-state index is -0.822. The van der Waals surface area contributed by atoms with Crippen molar-refractivity contribution in [3.05, 3.63) is 78.6 Å². The van der Waals surface area contributed by atoms with Gasteiger partial charge in [0.15, 0.2) is 0 Å². The van der Waals surface area contributed by atoms with Crippen LogP contribution in [0.25, 0.3) is 11.1 Å². The number of nitrogens with one attached hydrogen (secondary N) is 2. The lowest BCUT2D eigenvalue weighted by molar-refractivity contribution is -0.135. The van der Waals surface area contributed by atoms with E-state index in [4.69, 9.17) is 22.1 Å². The molecular formula is C26H33N3O3S3. The van der Waals surface area contributed by atoms with Crippen LogP contribution < -0.4 is 10.6 Å². The standard InChI is InChI=1S/C19H16N2S2.C3H7NO2.C3H8S.CH2O/c1-14-9-10-16(12-18(14)15-6-3-2-4-7-15)21-19(22)23-17-8-5-11-20-13-17;1-4-2-3(5)6;1-3-4-2;1-2/h2-13H,1H3,(H,21,22);4H,2H2,1H3,(H,5,6);3H2,1-2H3;1H2. The number of thiocarbonyl (C=S) groups is 1. The molecule has 0 atom stereocenters. The maximum Gasteiger partial charge on any atom is 0.317 e. The highest BCUT2D eigenvalue weighted by Gasteiger charge is 2.06. The van der Waals surface area contributed by atoms with Crippen molar-refractivity contribution in [1.29, 1.82) is 0 Å². The Labute approximate surface area is 222 Å². The van der Waals surface area contributed by atoms with E-state index < -0.39 is 5.97 Å². The van der Waals surface area contributed by atoms with Crippen LogP contribution in [0.5, 0.6) is 0 Å². The predicted octanol–water partition coefficient (Wildman–Crippen LogP) is 6.02. The molecular weight excluding hydrogens is 499 g/mol. The number of carboxylic acid groups (broad SMARTS) is 1. The molecule has 3 aromatic rings. The van der Waals surface area contributed by atoms with Gasteiger partial charge < -0.3 is 20.5 Å². The van der Waals surface area contributed by atoms with E-state index in [0.29, 0.717) is 4.32 Å². The Morgan fingerprint density at radius 1 is 1.11 bits per heavy atom. The summed E-state index contributed by atoms with van der Waals surface area (Å²) in [6, 6.07) is 20.6. The monoisotopic (exact) mass is 531 g/mol. The highest BCUT2D eigenvalue weighted by atomic mass is 32.2. The molecule has 0 saturated carbocycles. The summed E-state index contributed by atoms with van der Waals surface area (Å²) in [5.74, 6) is 0.414. The SMILES string of the molecule is C=O.CCSC.CNCC(=O)O.Cc1ccc(NC(=S)Sc2cccnc2)cc1-c1ccccc1. The third-order valence-electron chi connectivity index (χ3n) is 4.03. The van der Waals surface area contributed by atoms with Gasteiger partial charge >= 0.3 is 5.97 Å². The molecule has 0 fully saturated rings. The van der Waals surface area contributed by atoms with Crippen molar-refractivity contribution in [2.24, 2.45) is 0 Å². The summed E-state index contributed by atoms with van der Waals surface area (Å²) in [6.07, 6.45) is 5.66. The molecule has 0 spiro atoms. The summed E-state index contributed by atoms with van der Waals surface area (Å²) in [7, 11) is 1.59. The molecule has 0 bridgehead atoms. The van der Waals surface area contributed by atoms with E-state index in [-0.39, 0.29) is 6.54 Å². The second kappa shape index (κ2) is 20.6. The van der Waals surface area contributed by atoms with Crippen LogP contribution in [0, 0.1) is 6.92 Å². The Hall–Kier alpha value is -2.72. The van der Waals surface area contributed by atoms with E-state index in [9.17, 15) is 4.79 Å². The van der Waals surface area contributed by atoms with E-state index in [2.05, 4.69) is 78.2 Å². The van der Waals surface area contributed by atoms with E-state index in [1.54, 1.807) is 13.2 Å². The molecule has 1 heterocycles. The topological polar surface area (TPSA) is 91.3 Å². The zero-order valence-corrected chi connectivity index (χ0v) is 22.9. The number of aromatic nitrogens is 1. The van der Waals surface area contributed by atoms with Gasteiger partial charge in [-0.15, -0.1) is 0 Å². The summed E-state index contributed by atoms with van der Waals surface area (Å²) in [5, 5.41) is 13.6. The quantitative estimate of drug-likeness (QED) is 0.261. The van der Waals surface area contributed by atoms with Crippen molar-refractivity contribution < 1.29 is 14.7 Å². The van der Waals surface area contributed by atoms with Crippen LogP contribution in [-0.2, 0) is 9.59 Å². The number of carbonyl (C=O) groups excluding carboxylic acids is 1. The van der Waals surface area contributed by atoms with Crippen molar-refractivity contribution in [2.45, 2.75) is 18.7 Å². The number of hydrogen-bond acceptors (Lipinski definition) is 7. The van der Waals surface area contributed by atoms with Crippen LogP contribution >= 0.6 is 35.7 Å². The van der Waals surface area contributed by atoms with Crippen molar-refractivity contribution in [1.82, 2.24) is 10.3 Å². The van der Waals surface area contributed by atoms with E-state index in [0.717, 1.165) is 10.6 Å². The Kier molecular flexibility index (Phi) is 19.0. The normalized spacial score (nSPS) is 9.14. The molecule has 2 aromatic carbocycles. The number of carboxylic acids is 1. The zero-order chi connectivity index (χ0) is 26.5. The fourth-order valence-electron chi connectivity index (χ4n) is 2.44. The third-order valence-corrected chi connectivity index (χ3v) is 5.72. The fourth-order valence-corrected chi connectivity index (χ4v) is 3.49. The van der Waals surface area contributed by atoms with E-state index in [1.165, 1.54) is 34.2 Å². The molecule has 0 amide bonds. The molecule has 0 radical (unpaired) electrons. The van der Waals surface area contributed by atoms with Crippen LogP contribution in [0.3, 0.4) is 0 Å². The smallest absolute Gasteiger partial charge is 0.317 e. The molecule has 35 heavy (non-hydrogen) atoms. The molecule has 9 heteroatoms. The van der Waals surface area contributed by atoms with Gasteiger partial charge in [0.2, 0.25) is 0 Å². The number of thioether (sulfide) groups is 2. The third kappa shape index (κ3) is 15.0. The maximum absolute atomic E-state index is 9.54. The highest BCUT2D eigenvalue weighted by molar-refractivity contribution is 8.23. The van der Waals surface area contributed by atoms with E-state index >= 15 is 0 Å². The number of nitrogens with zero attached hydrogens (tertiary/aromatic N) is 1. The number of hydrogen-bond donors (Lipinski definition) is 3. The molecule has 0 unspecified atom stereocenters. The number of likely N-dealkylation sites (N-methyl/N-ethyl adjacent to an activating group) is 1. The number of pyridine rings is 1. The first-order valence-electron chi connectivity index (χ1n) is 10.6. The minimum Gasteiger partial charge on any atom is -0.480 e. The first-order valence-corrected chi connectivity index (χ1v) is 13.2. The molecule has 188 valence electrons. The van der Waals surface area contributed by atoms with Gasteiger partial charge in [0.05, 0.1) is 6.54 Å². The second-order valence-corrected chi connectivity index (χ2v) is 9.51. The molecule has 0 aliphatic heterocycles. The van der Waals surface area contributed by atoms with Gasteiger partial charge in [-0.1, -0.05) is 67.3 Å². The lowest BCUT2D eigenvalue weighted by Gasteiger charge is -2.11. The Morgan fingerprint density at radius 3 is 2.26 bits per heavy atom. The Morgan fingerprint density at radius 2 is 1.77 bits per heavy atom. The fraction of sp³-hybridized carbons (Fsp3) is 0.231. The highest BCUT2D eigenvalue weighted by Crippen LogP contribution is 2.27. The van der Waals surface area contributed by atoms with Gasteiger partial charge in [-0.25, -0.2) is 0 Å². The van der Waals surface area contributed by atoms with Crippen LogP contribution in [0.1, 0.15) is 12.5 Å². The van der Waals surface area contributed by atoms with Gasteiger partial charge in [-0.2, -0.15) is 11.8 Å². The lowest BCUT2D eigenvalue weighted by Crippen LogP contribution is -2.16. The van der Waals surface area contributed by atoms with Crippen LogP contribution in [0.2, 0.25) is 0 Å². The number of benzene rings is 2. The minimum absolute atomic E-state index is 0.0417. The van der Waals surface area contributed by atoms with Crippen molar-refractivity contribution >= 4 is 58.5 Å². The van der Waals surface area contributed by atoms with Crippen molar-refractivity contribution in [2.75, 3.05) is 30.9 Å². The molecule has 0 aliphatic carbocycles. The van der Waals surface area contributed by atoms with Gasteiger partial charge in [0.25, 0.3) is 0 Å².